The molecule has 1 heterocycles. The van der Waals surface area contributed by atoms with Crippen molar-refractivity contribution < 1.29 is 31.8 Å². The van der Waals surface area contributed by atoms with Gasteiger partial charge in [-0.05, 0) is 24.1 Å². The van der Waals surface area contributed by atoms with Crippen LogP contribution in [0.1, 0.15) is 17.5 Å². The number of benzene rings is 2. The number of carbonyl (C=O) groups excluding carboxylic acids is 1. The van der Waals surface area contributed by atoms with E-state index in [0.717, 1.165) is 17.7 Å². The third-order valence-corrected chi connectivity index (χ3v) is 4.65. The number of rotatable bonds is 6. The first-order valence-electron chi connectivity index (χ1n) is 9.51. The summed E-state index contributed by atoms with van der Waals surface area (Å²) in [5, 5.41) is 3.23. The van der Waals surface area contributed by atoms with E-state index in [1.165, 1.54) is 0 Å². The number of amides is 1. The predicted molar refractivity (Wildman–Crippen MR) is 102 cm³/mol. The van der Waals surface area contributed by atoms with Gasteiger partial charge < -0.3 is 19.7 Å². The number of ether oxygens (including phenoxy) is 2. The summed E-state index contributed by atoms with van der Waals surface area (Å²) >= 11 is 0. The Labute approximate surface area is 171 Å². The van der Waals surface area contributed by atoms with Crippen molar-refractivity contribution in [3.05, 3.63) is 65.5 Å². The summed E-state index contributed by atoms with van der Waals surface area (Å²) < 4.78 is 62.4. The van der Waals surface area contributed by atoms with Crippen LogP contribution in [0.3, 0.4) is 0 Å². The van der Waals surface area contributed by atoms with Crippen LogP contribution in [0, 0.1) is 5.82 Å². The number of nitrogens with zero attached hydrogens (tertiary/aromatic N) is 1. The van der Waals surface area contributed by atoms with Crippen molar-refractivity contribution >= 4 is 6.09 Å². The number of hydrogen-bond donors (Lipinski definition) is 1. The van der Waals surface area contributed by atoms with Crippen molar-refractivity contribution in [1.82, 2.24) is 10.2 Å². The fourth-order valence-corrected chi connectivity index (χ4v) is 3.12. The van der Waals surface area contributed by atoms with E-state index in [4.69, 9.17) is 9.47 Å². The van der Waals surface area contributed by atoms with Crippen LogP contribution in [-0.4, -0.2) is 43.3 Å². The van der Waals surface area contributed by atoms with Crippen LogP contribution in [0.15, 0.2) is 48.5 Å². The maximum atomic E-state index is 13.4. The summed E-state index contributed by atoms with van der Waals surface area (Å²) in [6.45, 7) is 1.69. The highest BCUT2D eigenvalue weighted by molar-refractivity contribution is 5.67. The summed E-state index contributed by atoms with van der Waals surface area (Å²) in [6.07, 6.45) is -4.64. The number of nitrogens with one attached hydrogen (secondary N) is 1. The molecule has 0 saturated carbocycles. The lowest BCUT2D eigenvalue weighted by Gasteiger charge is -2.33. The molecule has 162 valence electrons. The van der Waals surface area contributed by atoms with Crippen molar-refractivity contribution in [2.45, 2.75) is 25.2 Å². The fraction of sp³-hybridized carbons (Fsp3) is 0.381. The van der Waals surface area contributed by atoms with Gasteiger partial charge in [0, 0.05) is 31.7 Å². The Balaban J connectivity index is 1.46. The van der Waals surface area contributed by atoms with Crippen LogP contribution < -0.4 is 10.1 Å². The third kappa shape index (κ3) is 6.35. The second-order valence-corrected chi connectivity index (χ2v) is 6.95. The summed E-state index contributed by atoms with van der Waals surface area (Å²) in [5.74, 6) is -1.19. The van der Waals surface area contributed by atoms with Crippen LogP contribution in [0.2, 0.25) is 0 Å². The molecule has 1 N–H and O–H groups in total. The minimum Gasteiger partial charge on any atom is -0.493 e. The van der Waals surface area contributed by atoms with Crippen molar-refractivity contribution in [3.63, 3.8) is 0 Å². The zero-order valence-electron chi connectivity index (χ0n) is 16.1. The quantitative estimate of drug-likeness (QED) is 0.703. The summed E-state index contributed by atoms with van der Waals surface area (Å²) in [4.78, 5) is 13.9. The fourth-order valence-electron chi connectivity index (χ4n) is 3.12. The monoisotopic (exact) mass is 426 g/mol. The predicted octanol–water partition coefficient (Wildman–Crippen LogP) is 4.22. The lowest BCUT2D eigenvalue weighted by Crippen LogP contribution is -2.53. The topological polar surface area (TPSA) is 50.8 Å². The molecule has 1 unspecified atom stereocenters. The first-order valence-corrected chi connectivity index (χ1v) is 9.51. The van der Waals surface area contributed by atoms with Gasteiger partial charge in [0.15, 0.2) is 0 Å². The van der Waals surface area contributed by atoms with Gasteiger partial charge >= 0.3 is 12.3 Å². The Morgan fingerprint density at radius 1 is 1.17 bits per heavy atom. The largest absolute Gasteiger partial charge is 0.493 e. The van der Waals surface area contributed by atoms with Gasteiger partial charge in [-0.25, -0.2) is 9.18 Å². The molecule has 1 aliphatic rings. The SMILES string of the molecule is O=C(OCc1ccccc1)N1CCNC(CCOc2cc(F)cc(C(F)(F)F)c2)C1. The van der Waals surface area contributed by atoms with Gasteiger partial charge in [-0.3, -0.25) is 0 Å². The first kappa shape index (κ1) is 21.9. The highest BCUT2D eigenvalue weighted by Crippen LogP contribution is 2.32. The van der Waals surface area contributed by atoms with E-state index in [1.54, 1.807) is 4.90 Å². The maximum absolute atomic E-state index is 13.4. The van der Waals surface area contributed by atoms with Gasteiger partial charge in [0.2, 0.25) is 0 Å². The van der Waals surface area contributed by atoms with Gasteiger partial charge in [-0.15, -0.1) is 0 Å². The highest BCUT2D eigenvalue weighted by Gasteiger charge is 2.31. The van der Waals surface area contributed by atoms with Crippen LogP contribution in [0.25, 0.3) is 0 Å². The molecule has 0 aromatic heterocycles. The minimum absolute atomic E-state index is 0.0747. The van der Waals surface area contributed by atoms with Crippen molar-refractivity contribution in [1.29, 1.82) is 0 Å². The molecular weight excluding hydrogens is 404 g/mol. The normalized spacial score (nSPS) is 16.9. The zero-order valence-corrected chi connectivity index (χ0v) is 16.1. The first-order chi connectivity index (χ1) is 14.3. The lowest BCUT2D eigenvalue weighted by atomic mass is 10.1. The second kappa shape index (κ2) is 9.80. The molecule has 3 rings (SSSR count). The lowest BCUT2D eigenvalue weighted by molar-refractivity contribution is -0.137. The van der Waals surface area contributed by atoms with E-state index in [-0.39, 0.29) is 25.0 Å². The van der Waals surface area contributed by atoms with Gasteiger partial charge in [0.1, 0.15) is 18.2 Å². The third-order valence-electron chi connectivity index (χ3n) is 4.65. The Morgan fingerprint density at radius 2 is 1.93 bits per heavy atom. The van der Waals surface area contributed by atoms with E-state index < -0.39 is 23.7 Å². The zero-order chi connectivity index (χ0) is 21.6. The van der Waals surface area contributed by atoms with Crippen molar-refractivity contribution in [3.8, 4) is 5.75 Å². The Bertz CT molecular complexity index is 846. The molecule has 30 heavy (non-hydrogen) atoms. The summed E-state index contributed by atoms with van der Waals surface area (Å²) in [6, 6.07) is 11.3. The minimum atomic E-state index is -4.65. The molecule has 1 saturated heterocycles. The second-order valence-electron chi connectivity index (χ2n) is 6.95. The molecule has 0 aliphatic carbocycles. The molecule has 0 spiro atoms. The molecule has 2 aromatic rings. The van der Waals surface area contributed by atoms with Gasteiger partial charge in [-0.1, -0.05) is 30.3 Å². The molecule has 1 fully saturated rings. The smallest absolute Gasteiger partial charge is 0.416 e. The molecule has 9 heteroatoms. The Morgan fingerprint density at radius 3 is 2.67 bits per heavy atom. The molecule has 0 radical (unpaired) electrons. The molecule has 0 bridgehead atoms. The van der Waals surface area contributed by atoms with Crippen molar-refractivity contribution in [2.75, 3.05) is 26.2 Å². The molecule has 2 aromatic carbocycles. The molecule has 1 aliphatic heterocycles. The summed E-state index contributed by atoms with van der Waals surface area (Å²) in [5.41, 5.74) is -0.208. The van der Waals surface area contributed by atoms with Crippen LogP contribution in [0.5, 0.6) is 5.75 Å². The van der Waals surface area contributed by atoms with Crippen LogP contribution >= 0.6 is 0 Å². The Hall–Kier alpha value is -2.81. The standard InChI is InChI=1S/C21H22F4N2O3/c22-17-10-16(21(23,24)25)11-19(12-17)29-9-6-18-13-27(8-7-26-18)20(28)30-14-15-4-2-1-3-5-15/h1-5,10-12,18,26H,6-9,13-14H2. The number of hydrogen-bond acceptors (Lipinski definition) is 4. The highest BCUT2D eigenvalue weighted by atomic mass is 19.4. The van der Waals surface area contributed by atoms with Crippen LogP contribution in [-0.2, 0) is 17.5 Å². The van der Waals surface area contributed by atoms with Crippen molar-refractivity contribution in [2.24, 2.45) is 0 Å². The van der Waals surface area contributed by atoms with E-state index in [1.807, 2.05) is 30.3 Å². The molecule has 5 nitrogen and oxygen atoms in total. The average Bonchev–Trinajstić information content (AvgIpc) is 2.72. The van der Waals surface area contributed by atoms with E-state index in [2.05, 4.69) is 5.32 Å². The molecule has 1 amide bonds. The van der Waals surface area contributed by atoms with E-state index in [0.29, 0.717) is 32.1 Å². The maximum Gasteiger partial charge on any atom is 0.416 e. The number of piperazine rings is 1. The summed E-state index contributed by atoms with van der Waals surface area (Å²) in [7, 11) is 0. The number of alkyl halides is 3. The number of halogens is 4. The van der Waals surface area contributed by atoms with Crippen LogP contribution in [0.4, 0.5) is 22.4 Å². The van der Waals surface area contributed by atoms with E-state index >= 15 is 0 Å². The van der Waals surface area contributed by atoms with E-state index in [9.17, 15) is 22.4 Å². The average molecular weight is 426 g/mol. The van der Waals surface area contributed by atoms with Gasteiger partial charge in [0.05, 0.1) is 12.2 Å². The Kier molecular flexibility index (Phi) is 7.15. The van der Waals surface area contributed by atoms with Gasteiger partial charge in [0.25, 0.3) is 0 Å². The molecule has 1 atom stereocenters. The molecular formula is C21H22F4N2O3. The van der Waals surface area contributed by atoms with Gasteiger partial charge in [-0.2, -0.15) is 13.2 Å². The number of carbonyl (C=O) groups is 1.